The number of nitrogens with zero attached hydrogens (tertiary/aromatic N) is 1. The summed E-state index contributed by atoms with van der Waals surface area (Å²) in [6.07, 6.45) is -2.92. The molecule has 1 saturated heterocycles. The summed E-state index contributed by atoms with van der Waals surface area (Å²) in [5.41, 5.74) is -2.22. The Bertz CT molecular complexity index is 1170. The van der Waals surface area contributed by atoms with Crippen LogP contribution in [0.1, 0.15) is 95.9 Å². The average molecular weight is 692 g/mol. The quantitative estimate of drug-likeness (QED) is 0.153. The van der Waals surface area contributed by atoms with E-state index in [4.69, 9.17) is 4.74 Å². The highest BCUT2D eigenvalue weighted by molar-refractivity contribution is 6.38. The molecule has 0 aromatic carbocycles. The molecule has 1 aliphatic heterocycles. The number of rotatable bonds is 10. The van der Waals surface area contributed by atoms with E-state index in [0.29, 0.717) is 6.42 Å². The molecule has 0 saturated carbocycles. The molecule has 1 rings (SSSR count). The van der Waals surface area contributed by atoms with Gasteiger partial charge in [-0.3, -0.25) is 19.2 Å². The number of alkyl halides is 3. The van der Waals surface area contributed by atoms with Crippen LogP contribution in [0.2, 0.25) is 0 Å². The standard InChI is InChI=1S/C30H51N5O7.C3H5F3/c1-13-14-31-24(38)20(36)18(3)32-23(37)19-15-17(2)16-35(19)25(39)21(28(4,5)6)33-27(41)34-22(29(7,8)9)26(40)42-30(10,11)12;1-2-3(4,5)6/h13,17-19,21-22H,1,14-16H2,2-12H3,(H,31,38)(H,32,37)(H2,33,34,41);2H2,1H3/t17-,18?,19?,21?,22?;/m1./s1. The Hall–Kier alpha value is -3.65. The predicted molar refractivity (Wildman–Crippen MR) is 175 cm³/mol. The van der Waals surface area contributed by atoms with Gasteiger partial charge in [0.05, 0.1) is 6.04 Å². The summed E-state index contributed by atoms with van der Waals surface area (Å²) in [6.45, 7) is 24.1. The van der Waals surface area contributed by atoms with Crippen molar-refractivity contribution >= 4 is 35.5 Å². The monoisotopic (exact) mass is 691 g/mol. The molecule has 1 aliphatic rings. The first-order valence-electron chi connectivity index (χ1n) is 16.0. The van der Waals surface area contributed by atoms with Crippen LogP contribution in [0.25, 0.3) is 0 Å². The molecular weight excluding hydrogens is 635 g/mol. The third-order valence-electron chi connectivity index (χ3n) is 7.05. The van der Waals surface area contributed by atoms with Gasteiger partial charge in [0.1, 0.15) is 23.7 Å². The van der Waals surface area contributed by atoms with Crippen LogP contribution in [0.5, 0.6) is 0 Å². The largest absolute Gasteiger partial charge is 0.458 e. The van der Waals surface area contributed by atoms with E-state index >= 15 is 0 Å². The smallest absolute Gasteiger partial charge is 0.388 e. The normalized spacial score (nSPS) is 18.6. The zero-order valence-electron chi connectivity index (χ0n) is 30.4. The Balaban J connectivity index is 0.00000335. The van der Waals surface area contributed by atoms with Gasteiger partial charge in [0, 0.05) is 19.5 Å². The first kappa shape index (κ1) is 44.4. The maximum absolute atomic E-state index is 13.9. The third-order valence-corrected chi connectivity index (χ3v) is 7.05. The Morgan fingerprint density at radius 2 is 1.38 bits per heavy atom. The summed E-state index contributed by atoms with van der Waals surface area (Å²) in [4.78, 5) is 79.1. The van der Waals surface area contributed by atoms with E-state index in [9.17, 15) is 41.9 Å². The highest BCUT2D eigenvalue weighted by Gasteiger charge is 2.45. The van der Waals surface area contributed by atoms with E-state index in [1.807, 2.05) is 6.92 Å². The van der Waals surface area contributed by atoms with Crippen LogP contribution in [-0.2, 0) is 28.7 Å². The molecule has 0 aliphatic carbocycles. The molecule has 5 atom stereocenters. The minimum Gasteiger partial charge on any atom is -0.458 e. The van der Waals surface area contributed by atoms with E-state index in [1.54, 1.807) is 62.3 Å². The van der Waals surface area contributed by atoms with Gasteiger partial charge in [-0.1, -0.05) is 61.5 Å². The number of halogens is 3. The number of Topliss-reactive ketones (excluding diaryl/α,β-unsaturated/α-hetero) is 1. The number of carbonyl (C=O) groups is 6. The number of likely N-dealkylation sites (tertiary alicyclic amines) is 1. The fourth-order valence-corrected chi connectivity index (χ4v) is 4.47. The van der Waals surface area contributed by atoms with Crippen molar-refractivity contribution in [3.63, 3.8) is 0 Å². The van der Waals surface area contributed by atoms with Gasteiger partial charge in [-0.25, -0.2) is 9.59 Å². The number of ketones is 1. The lowest BCUT2D eigenvalue weighted by Crippen LogP contribution is -2.62. The number of hydrogen-bond acceptors (Lipinski definition) is 7. The second-order valence-electron chi connectivity index (χ2n) is 15.2. The summed E-state index contributed by atoms with van der Waals surface area (Å²) < 4.78 is 37.9. The molecule has 15 heteroatoms. The molecule has 0 aromatic rings. The van der Waals surface area contributed by atoms with Crippen LogP contribution in [0.15, 0.2) is 12.7 Å². The third kappa shape index (κ3) is 15.5. The number of amides is 5. The number of esters is 1. The lowest BCUT2D eigenvalue weighted by Gasteiger charge is -2.37. The first-order chi connectivity index (χ1) is 21.5. The van der Waals surface area contributed by atoms with Crippen LogP contribution < -0.4 is 21.3 Å². The van der Waals surface area contributed by atoms with E-state index < -0.39 is 88.7 Å². The second kappa shape index (κ2) is 17.7. The molecule has 1 fully saturated rings. The number of carbonyl (C=O) groups excluding carboxylic acids is 6. The molecule has 4 unspecified atom stereocenters. The second-order valence-corrected chi connectivity index (χ2v) is 15.2. The number of hydrogen-bond donors (Lipinski definition) is 4. The maximum Gasteiger partial charge on any atom is 0.388 e. The number of ether oxygens (including phenoxy) is 1. The van der Waals surface area contributed by atoms with Gasteiger partial charge in [-0.2, -0.15) is 13.2 Å². The minimum absolute atomic E-state index is 0.0292. The molecule has 276 valence electrons. The SMILES string of the molecule is C=CCNC(=O)C(=O)C(C)NC(=O)C1C[C@@H](C)CN1C(=O)C(NC(=O)NC(C(=O)OC(C)(C)C)C(C)(C)C)C(C)(C)C.CCC(F)(F)F. The Morgan fingerprint density at radius 3 is 1.79 bits per heavy atom. The molecule has 0 aromatic heterocycles. The van der Waals surface area contributed by atoms with Crippen molar-refractivity contribution in [1.82, 2.24) is 26.2 Å². The zero-order chi connectivity index (χ0) is 38.0. The molecule has 12 nitrogen and oxygen atoms in total. The van der Waals surface area contributed by atoms with Crippen LogP contribution in [0.3, 0.4) is 0 Å². The van der Waals surface area contributed by atoms with Gasteiger partial charge < -0.3 is 30.9 Å². The van der Waals surface area contributed by atoms with E-state index in [2.05, 4.69) is 27.8 Å². The molecule has 0 spiro atoms. The lowest BCUT2D eigenvalue weighted by molar-refractivity contribution is -0.160. The van der Waals surface area contributed by atoms with Crippen LogP contribution in [0.4, 0.5) is 18.0 Å². The summed E-state index contributed by atoms with van der Waals surface area (Å²) >= 11 is 0. The van der Waals surface area contributed by atoms with E-state index in [1.165, 1.54) is 17.9 Å². The topological polar surface area (TPSA) is 163 Å². The number of nitrogens with one attached hydrogen (secondary N) is 4. The molecule has 1 heterocycles. The fourth-order valence-electron chi connectivity index (χ4n) is 4.47. The van der Waals surface area contributed by atoms with Gasteiger partial charge in [-0.15, -0.1) is 6.58 Å². The zero-order valence-corrected chi connectivity index (χ0v) is 30.4. The van der Waals surface area contributed by atoms with Crippen molar-refractivity contribution in [2.24, 2.45) is 16.7 Å². The fraction of sp³-hybridized carbons (Fsp3) is 0.758. The van der Waals surface area contributed by atoms with Crippen molar-refractivity contribution in [2.45, 2.75) is 132 Å². The Kier molecular flexibility index (Phi) is 16.3. The highest BCUT2D eigenvalue weighted by atomic mass is 19.4. The van der Waals surface area contributed by atoms with Crippen LogP contribution in [-0.4, -0.2) is 89.4 Å². The summed E-state index contributed by atoms with van der Waals surface area (Å²) in [6, 6.07) is -4.80. The molecule has 48 heavy (non-hydrogen) atoms. The van der Waals surface area contributed by atoms with Crippen molar-refractivity contribution in [1.29, 1.82) is 0 Å². The van der Waals surface area contributed by atoms with E-state index in [0.717, 1.165) is 6.92 Å². The van der Waals surface area contributed by atoms with Gasteiger partial charge in [0.2, 0.25) is 17.6 Å². The summed E-state index contributed by atoms with van der Waals surface area (Å²) in [5, 5.41) is 10.3. The van der Waals surface area contributed by atoms with E-state index in [-0.39, 0.29) is 19.0 Å². The Labute approximate surface area is 282 Å². The maximum atomic E-state index is 13.9. The first-order valence-corrected chi connectivity index (χ1v) is 16.0. The number of urea groups is 1. The average Bonchev–Trinajstić information content (AvgIpc) is 3.31. The lowest BCUT2D eigenvalue weighted by atomic mass is 9.85. The van der Waals surface area contributed by atoms with Crippen molar-refractivity contribution in [2.75, 3.05) is 13.1 Å². The molecule has 0 radical (unpaired) electrons. The Morgan fingerprint density at radius 1 is 0.896 bits per heavy atom. The van der Waals surface area contributed by atoms with Crippen LogP contribution >= 0.6 is 0 Å². The van der Waals surface area contributed by atoms with Crippen molar-refractivity contribution < 1.29 is 46.7 Å². The molecule has 4 N–H and O–H groups in total. The minimum atomic E-state index is -3.96. The molecular formula is C33H56F3N5O7. The van der Waals surface area contributed by atoms with Gasteiger partial charge in [-0.05, 0) is 50.9 Å². The van der Waals surface area contributed by atoms with Gasteiger partial charge in [0.25, 0.3) is 5.91 Å². The van der Waals surface area contributed by atoms with Crippen molar-refractivity contribution in [3.05, 3.63) is 12.7 Å². The molecule has 5 amide bonds. The van der Waals surface area contributed by atoms with Gasteiger partial charge >= 0.3 is 18.2 Å². The van der Waals surface area contributed by atoms with Crippen LogP contribution in [0, 0.1) is 16.7 Å². The summed E-state index contributed by atoms with van der Waals surface area (Å²) in [7, 11) is 0. The summed E-state index contributed by atoms with van der Waals surface area (Å²) in [5.74, 6) is -3.35. The highest BCUT2D eigenvalue weighted by Crippen LogP contribution is 2.29. The van der Waals surface area contributed by atoms with Gasteiger partial charge in [0.15, 0.2) is 0 Å². The van der Waals surface area contributed by atoms with Crippen molar-refractivity contribution in [3.8, 4) is 0 Å². The molecule has 0 bridgehead atoms. The predicted octanol–water partition coefficient (Wildman–Crippen LogP) is 4.03.